The summed E-state index contributed by atoms with van der Waals surface area (Å²) >= 11 is 0. The van der Waals surface area contributed by atoms with Crippen molar-refractivity contribution in [2.24, 2.45) is 5.73 Å². The maximum atomic E-state index is 13.6. The lowest BCUT2D eigenvalue weighted by Crippen LogP contribution is -2.46. The van der Waals surface area contributed by atoms with Crippen molar-refractivity contribution in [1.82, 2.24) is 4.90 Å². The highest BCUT2D eigenvalue weighted by Gasteiger charge is 2.50. The van der Waals surface area contributed by atoms with Crippen molar-refractivity contribution in [3.05, 3.63) is 34.9 Å². The van der Waals surface area contributed by atoms with Gasteiger partial charge in [-0.05, 0) is 57.2 Å². The summed E-state index contributed by atoms with van der Waals surface area (Å²) in [6.45, 7) is 6.11. The van der Waals surface area contributed by atoms with Crippen LogP contribution < -0.4 is 5.73 Å². The van der Waals surface area contributed by atoms with E-state index in [2.05, 4.69) is 0 Å². The number of piperidine rings is 1. The van der Waals surface area contributed by atoms with Gasteiger partial charge >= 0.3 is 12.3 Å². The van der Waals surface area contributed by atoms with Crippen molar-refractivity contribution in [2.75, 3.05) is 13.1 Å². The van der Waals surface area contributed by atoms with Gasteiger partial charge in [0.25, 0.3) is 0 Å². The number of likely N-dealkylation sites (tertiary alicyclic amines) is 1. The number of carbonyl (C=O) groups is 1. The third-order valence-corrected chi connectivity index (χ3v) is 5.31. The van der Waals surface area contributed by atoms with Gasteiger partial charge in [0.15, 0.2) is 0 Å². The average Bonchev–Trinajstić information content (AvgIpc) is 2.78. The summed E-state index contributed by atoms with van der Waals surface area (Å²) < 4.78 is 46.1. The van der Waals surface area contributed by atoms with Crippen molar-refractivity contribution in [3.63, 3.8) is 0 Å². The van der Waals surface area contributed by atoms with Gasteiger partial charge in [-0.1, -0.05) is 12.1 Å². The van der Waals surface area contributed by atoms with E-state index in [9.17, 15) is 18.0 Å². The van der Waals surface area contributed by atoms with Crippen LogP contribution in [0.25, 0.3) is 0 Å². The third kappa shape index (κ3) is 3.41. The van der Waals surface area contributed by atoms with E-state index in [0.717, 1.165) is 6.07 Å². The van der Waals surface area contributed by atoms with E-state index >= 15 is 0 Å². The molecule has 0 bridgehead atoms. The minimum atomic E-state index is -4.41. The van der Waals surface area contributed by atoms with E-state index in [-0.39, 0.29) is 0 Å². The molecule has 26 heavy (non-hydrogen) atoms. The Bertz CT molecular complexity index is 702. The second kappa shape index (κ2) is 6.15. The number of hydrogen-bond donors (Lipinski definition) is 1. The maximum absolute atomic E-state index is 13.6. The van der Waals surface area contributed by atoms with Gasteiger partial charge in [-0.3, -0.25) is 0 Å². The molecule has 0 aromatic heterocycles. The monoisotopic (exact) mass is 370 g/mol. The number of rotatable bonds is 0. The topological polar surface area (TPSA) is 55.6 Å². The molecule has 3 rings (SSSR count). The van der Waals surface area contributed by atoms with E-state index in [1.165, 1.54) is 6.07 Å². The predicted octanol–water partition coefficient (Wildman–Crippen LogP) is 4.38. The highest BCUT2D eigenvalue weighted by atomic mass is 19.4. The van der Waals surface area contributed by atoms with Gasteiger partial charge in [0, 0.05) is 24.5 Å². The van der Waals surface area contributed by atoms with Crippen LogP contribution in [0.3, 0.4) is 0 Å². The molecule has 1 atom stereocenters. The summed E-state index contributed by atoms with van der Waals surface area (Å²) in [5.41, 5.74) is 5.28. The zero-order valence-corrected chi connectivity index (χ0v) is 15.3. The molecule has 0 radical (unpaired) electrons. The molecule has 1 amide bonds. The van der Waals surface area contributed by atoms with Crippen LogP contribution in [0.5, 0.6) is 0 Å². The molecule has 1 spiro atoms. The van der Waals surface area contributed by atoms with Crippen molar-refractivity contribution < 1.29 is 22.7 Å². The van der Waals surface area contributed by atoms with Crippen LogP contribution in [-0.4, -0.2) is 29.7 Å². The zero-order valence-electron chi connectivity index (χ0n) is 15.3. The standard InChI is InChI=1S/C19H25F3N2O2/c1-17(2,3)26-16(25)24-9-7-18(8-10-24)11-14(23)12-5-4-6-13(15(12)18)19(20,21)22/h4-6,14H,7-11,23H2,1-3H3/t14-/m1/s1. The summed E-state index contributed by atoms with van der Waals surface area (Å²) in [5, 5.41) is 0. The molecular formula is C19H25F3N2O2. The van der Waals surface area contributed by atoms with E-state index in [1.807, 2.05) is 0 Å². The van der Waals surface area contributed by atoms with Gasteiger partial charge in [0.2, 0.25) is 0 Å². The van der Waals surface area contributed by atoms with Gasteiger partial charge in [0.1, 0.15) is 5.60 Å². The first-order valence-corrected chi connectivity index (χ1v) is 8.87. The van der Waals surface area contributed by atoms with Crippen LogP contribution in [0.2, 0.25) is 0 Å². The Hall–Kier alpha value is -1.76. The Morgan fingerprint density at radius 2 is 1.85 bits per heavy atom. The van der Waals surface area contributed by atoms with Gasteiger partial charge in [-0.2, -0.15) is 13.2 Å². The summed E-state index contributed by atoms with van der Waals surface area (Å²) in [6.07, 6.45) is -3.43. The fraction of sp³-hybridized carbons (Fsp3) is 0.632. The van der Waals surface area contributed by atoms with Gasteiger partial charge < -0.3 is 15.4 Å². The number of hydrogen-bond acceptors (Lipinski definition) is 3. The zero-order chi connectivity index (χ0) is 19.3. The lowest BCUT2D eigenvalue weighted by molar-refractivity contribution is -0.139. The van der Waals surface area contributed by atoms with Crippen LogP contribution in [0.4, 0.5) is 18.0 Å². The highest BCUT2D eigenvalue weighted by molar-refractivity contribution is 5.68. The Morgan fingerprint density at radius 1 is 1.23 bits per heavy atom. The molecule has 1 aromatic carbocycles. The van der Waals surface area contributed by atoms with Crippen molar-refractivity contribution in [3.8, 4) is 0 Å². The number of ether oxygens (including phenoxy) is 1. The normalized spacial score (nSPS) is 22.4. The summed E-state index contributed by atoms with van der Waals surface area (Å²) in [5.74, 6) is 0. The molecule has 1 saturated heterocycles. The summed E-state index contributed by atoms with van der Waals surface area (Å²) in [4.78, 5) is 13.8. The molecule has 1 aliphatic carbocycles. The number of nitrogens with zero attached hydrogens (tertiary/aromatic N) is 1. The Morgan fingerprint density at radius 3 is 2.38 bits per heavy atom. The molecule has 1 aliphatic heterocycles. The smallest absolute Gasteiger partial charge is 0.416 e. The first kappa shape index (κ1) is 19.0. The average molecular weight is 370 g/mol. The van der Waals surface area contributed by atoms with Gasteiger partial charge in [-0.25, -0.2) is 4.79 Å². The SMILES string of the molecule is CC(C)(C)OC(=O)N1CCC2(CC1)C[C@@H](N)c1cccc(C(F)(F)F)c12. The van der Waals surface area contributed by atoms with Crippen molar-refractivity contribution in [2.45, 2.75) is 63.3 Å². The summed E-state index contributed by atoms with van der Waals surface area (Å²) in [6, 6.07) is 3.86. The molecular weight excluding hydrogens is 345 g/mol. The molecule has 4 nitrogen and oxygen atoms in total. The lowest BCUT2D eigenvalue weighted by Gasteiger charge is -2.41. The number of benzene rings is 1. The van der Waals surface area contributed by atoms with E-state index in [0.29, 0.717) is 43.5 Å². The van der Waals surface area contributed by atoms with E-state index in [1.54, 1.807) is 31.7 Å². The molecule has 2 N–H and O–H groups in total. The minimum absolute atomic E-state index is 0.337. The van der Waals surface area contributed by atoms with Crippen LogP contribution in [0.1, 0.15) is 62.8 Å². The number of nitrogens with two attached hydrogens (primary N) is 1. The van der Waals surface area contributed by atoms with E-state index in [4.69, 9.17) is 10.5 Å². The number of carbonyl (C=O) groups excluding carboxylic acids is 1. The first-order chi connectivity index (χ1) is 11.9. The largest absolute Gasteiger partial charge is 0.444 e. The number of alkyl halides is 3. The van der Waals surface area contributed by atoms with Crippen LogP contribution in [-0.2, 0) is 16.3 Å². The summed E-state index contributed by atoms with van der Waals surface area (Å²) in [7, 11) is 0. The fourth-order valence-electron chi connectivity index (χ4n) is 4.24. The highest BCUT2D eigenvalue weighted by Crippen LogP contribution is 2.53. The van der Waals surface area contributed by atoms with Crippen molar-refractivity contribution in [1.29, 1.82) is 0 Å². The lowest BCUT2D eigenvalue weighted by atomic mass is 9.72. The van der Waals surface area contributed by atoms with Crippen LogP contribution >= 0.6 is 0 Å². The van der Waals surface area contributed by atoms with Crippen molar-refractivity contribution >= 4 is 6.09 Å². The molecule has 0 unspecified atom stereocenters. The van der Waals surface area contributed by atoms with Gasteiger partial charge in [-0.15, -0.1) is 0 Å². The molecule has 144 valence electrons. The second-order valence-corrected chi connectivity index (χ2v) is 8.33. The maximum Gasteiger partial charge on any atom is 0.416 e. The second-order valence-electron chi connectivity index (χ2n) is 8.33. The van der Waals surface area contributed by atoms with Crippen LogP contribution in [0.15, 0.2) is 18.2 Å². The van der Waals surface area contributed by atoms with Gasteiger partial charge in [0.05, 0.1) is 5.56 Å². The quantitative estimate of drug-likeness (QED) is 0.737. The predicted molar refractivity (Wildman–Crippen MR) is 91.7 cm³/mol. The molecule has 1 fully saturated rings. The molecule has 2 aliphatic rings. The number of fused-ring (bicyclic) bond motifs is 2. The molecule has 7 heteroatoms. The number of amides is 1. The Balaban J connectivity index is 1.86. The fourth-order valence-corrected chi connectivity index (χ4v) is 4.24. The first-order valence-electron chi connectivity index (χ1n) is 8.87. The third-order valence-electron chi connectivity index (χ3n) is 5.31. The minimum Gasteiger partial charge on any atom is -0.444 e. The molecule has 0 saturated carbocycles. The molecule has 1 heterocycles. The van der Waals surface area contributed by atoms with E-state index < -0.39 is 34.9 Å². The molecule has 1 aromatic rings. The Kier molecular flexibility index (Phi) is 4.50. The Labute approximate surface area is 151 Å². The number of halogens is 3. The van der Waals surface area contributed by atoms with Crippen LogP contribution in [0, 0.1) is 0 Å².